The summed E-state index contributed by atoms with van der Waals surface area (Å²) in [7, 11) is 0. The molecule has 0 aliphatic carbocycles. The van der Waals surface area contributed by atoms with Crippen LogP contribution in [-0.4, -0.2) is 3.68 Å². The van der Waals surface area contributed by atoms with E-state index in [0.29, 0.717) is 6.17 Å². The Morgan fingerprint density at radius 3 is 2.25 bits per heavy atom. The minimum atomic E-state index is -3.12. The average molecular weight is 289 g/mol. The second-order valence-electron chi connectivity index (χ2n) is 1.53. The van der Waals surface area contributed by atoms with Crippen molar-refractivity contribution in [1.29, 1.82) is 5.26 Å². The first-order valence-electron chi connectivity index (χ1n) is 2.42. The molecule has 1 unspecified atom stereocenters. The van der Waals surface area contributed by atoms with Gasteiger partial charge in [-0.3, -0.25) is 0 Å². The van der Waals surface area contributed by atoms with Crippen molar-refractivity contribution < 1.29 is 17.6 Å². The number of allylic oxidation sites excluding steroid dienone is 2. The van der Waals surface area contributed by atoms with Crippen molar-refractivity contribution in [3.05, 3.63) is 11.7 Å². The summed E-state index contributed by atoms with van der Waals surface area (Å²) in [6.45, 7) is 0. The van der Waals surface area contributed by atoms with E-state index in [1.54, 1.807) is 0 Å². The molecule has 0 aromatic carbocycles. The molecule has 1 nitrogen and oxygen atoms in total. The normalized spacial score (nSPS) is 16.3. The van der Waals surface area contributed by atoms with Crippen molar-refractivity contribution >= 4 is 22.6 Å². The lowest BCUT2D eigenvalue weighted by molar-refractivity contribution is 0.359. The third-order valence-corrected chi connectivity index (χ3v) is 1.51. The summed E-state index contributed by atoms with van der Waals surface area (Å²) in [4.78, 5) is 0. The Bertz CT molecular complexity index is 304. The molecular formula is C6F4IN. The van der Waals surface area contributed by atoms with Crippen LogP contribution in [0, 0.1) is 23.4 Å². The van der Waals surface area contributed by atoms with Gasteiger partial charge >= 0.3 is 0 Å². The van der Waals surface area contributed by atoms with E-state index in [4.69, 9.17) is 5.26 Å². The fourth-order valence-corrected chi connectivity index (χ4v) is 0.640. The molecule has 0 radical (unpaired) electrons. The van der Waals surface area contributed by atoms with Crippen LogP contribution >= 0.6 is 22.6 Å². The van der Waals surface area contributed by atoms with Gasteiger partial charge in [0.25, 0.3) is 3.68 Å². The number of nitriles is 1. The SMILES string of the molecule is N#C/C(F)=C(/F)C(F)(I)C#CF. The van der Waals surface area contributed by atoms with Gasteiger partial charge in [-0.05, 0) is 28.5 Å². The Morgan fingerprint density at radius 1 is 1.42 bits per heavy atom. The van der Waals surface area contributed by atoms with Crippen molar-refractivity contribution in [3.63, 3.8) is 0 Å². The lowest BCUT2D eigenvalue weighted by Gasteiger charge is -2.05. The molecule has 0 N–H and O–H groups in total. The van der Waals surface area contributed by atoms with Crippen molar-refractivity contribution in [1.82, 2.24) is 0 Å². The Kier molecular flexibility index (Phi) is 4.04. The third-order valence-electron chi connectivity index (χ3n) is 0.771. The lowest BCUT2D eigenvalue weighted by Crippen LogP contribution is -2.11. The molecule has 6 heteroatoms. The molecule has 0 spiro atoms. The van der Waals surface area contributed by atoms with Crippen LogP contribution in [0.4, 0.5) is 17.6 Å². The van der Waals surface area contributed by atoms with Crippen molar-refractivity contribution in [3.8, 4) is 18.2 Å². The molecule has 1 atom stereocenters. The highest BCUT2D eigenvalue weighted by Gasteiger charge is 2.33. The largest absolute Gasteiger partial charge is 0.277 e. The number of rotatable bonds is 1. The maximum atomic E-state index is 12.7. The first-order valence-corrected chi connectivity index (χ1v) is 3.50. The van der Waals surface area contributed by atoms with E-state index in [-0.39, 0.29) is 0 Å². The van der Waals surface area contributed by atoms with Gasteiger partial charge in [0.05, 0.1) is 0 Å². The zero-order chi connectivity index (χ0) is 9.78. The molecule has 0 bridgehead atoms. The van der Waals surface area contributed by atoms with Gasteiger partial charge in [0.15, 0.2) is 0 Å². The lowest BCUT2D eigenvalue weighted by atomic mass is 10.3. The summed E-state index contributed by atoms with van der Waals surface area (Å²) in [5.41, 5.74) is 0. The number of hydrogen-bond acceptors (Lipinski definition) is 1. The average Bonchev–Trinajstić information content (AvgIpc) is 2.01. The van der Waals surface area contributed by atoms with E-state index in [2.05, 4.69) is 0 Å². The smallest absolute Gasteiger partial charge is 0.210 e. The third kappa shape index (κ3) is 2.70. The molecule has 0 aromatic heterocycles. The molecule has 0 aliphatic heterocycles. The van der Waals surface area contributed by atoms with Gasteiger partial charge in [0.1, 0.15) is 12.2 Å². The van der Waals surface area contributed by atoms with E-state index in [9.17, 15) is 17.6 Å². The van der Waals surface area contributed by atoms with Crippen LogP contribution < -0.4 is 0 Å². The van der Waals surface area contributed by atoms with Crippen LogP contribution in [0.25, 0.3) is 0 Å². The predicted octanol–water partition coefficient (Wildman–Crippen LogP) is 2.69. The van der Waals surface area contributed by atoms with E-state index >= 15 is 0 Å². The summed E-state index contributed by atoms with van der Waals surface area (Å²) < 4.78 is 45.2. The maximum absolute atomic E-state index is 12.7. The molecule has 0 heterocycles. The van der Waals surface area contributed by atoms with Crippen LogP contribution in [0.1, 0.15) is 0 Å². The number of alkyl halides is 2. The standard InChI is InChI=1S/C6F4IN/c7-2-1-6(10,11)5(9)4(8)3-12/b5-4-. The first-order chi connectivity index (χ1) is 5.45. The minimum Gasteiger partial charge on any atom is -0.210 e. The number of nitrogens with zero attached hydrogens (tertiary/aromatic N) is 1. The fourth-order valence-electron chi connectivity index (χ4n) is 0.301. The maximum Gasteiger partial charge on any atom is 0.277 e. The number of hydrogen-bond donors (Lipinski definition) is 0. The molecule has 64 valence electrons. The van der Waals surface area contributed by atoms with E-state index in [0.717, 1.165) is 34.6 Å². The van der Waals surface area contributed by atoms with Crippen LogP contribution in [0.3, 0.4) is 0 Å². The van der Waals surface area contributed by atoms with Crippen LogP contribution in [-0.2, 0) is 0 Å². The van der Waals surface area contributed by atoms with Gasteiger partial charge in [-0.25, -0.2) is 8.78 Å². The summed E-state index contributed by atoms with van der Waals surface area (Å²) in [6.07, 6.45) is 0.585. The molecule has 0 amide bonds. The highest BCUT2D eigenvalue weighted by atomic mass is 127. The first kappa shape index (κ1) is 11.2. The molecule has 0 rings (SSSR count). The van der Waals surface area contributed by atoms with Gasteiger partial charge in [-0.2, -0.15) is 9.65 Å². The van der Waals surface area contributed by atoms with Crippen molar-refractivity contribution in [2.45, 2.75) is 3.68 Å². The highest BCUT2D eigenvalue weighted by Crippen LogP contribution is 2.32. The van der Waals surface area contributed by atoms with Gasteiger partial charge in [0, 0.05) is 0 Å². The Balaban J connectivity index is 5.04. The van der Waals surface area contributed by atoms with Gasteiger partial charge in [-0.1, -0.05) is 0 Å². The predicted molar refractivity (Wildman–Crippen MR) is 41.6 cm³/mol. The second kappa shape index (κ2) is 4.31. The minimum absolute atomic E-state index is 0.585. The zero-order valence-electron chi connectivity index (χ0n) is 5.34. The van der Waals surface area contributed by atoms with E-state index in [1.807, 2.05) is 0 Å². The fraction of sp³-hybridized carbons (Fsp3) is 0.167. The molecule has 0 aromatic rings. The summed E-state index contributed by atoms with van der Waals surface area (Å²) in [6, 6.07) is 0.732. The Hall–Kier alpha value is -0.760. The topological polar surface area (TPSA) is 23.8 Å². The molecule has 0 saturated heterocycles. The number of halogens is 5. The van der Waals surface area contributed by atoms with Crippen LogP contribution in [0.15, 0.2) is 11.7 Å². The van der Waals surface area contributed by atoms with Crippen molar-refractivity contribution in [2.75, 3.05) is 0 Å². The monoisotopic (exact) mass is 289 g/mol. The second-order valence-corrected chi connectivity index (χ2v) is 3.02. The summed E-state index contributed by atoms with van der Waals surface area (Å²) in [5.74, 6) is -2.86. The highest BCUT2D eigenvalue weighted by molar-refractivity contribution is 14.1. The van der Waals surface area contributed by atoms with E-state index in [1.165, 1.54) is 0 Å². The van der Waals surface area contributed by atoms with E-state index < -0.39 is 15.3 Å². The molecule has 0 saturated carbocycles. The van der Waals surface area contributed by atoms with Gasteiger partial charge in [-0.15, -0.1) is 4.39 Å². The Morgan fingerprint density at radius 2 is 1.92 bits per heavy atom. The van der Waals surface area contributed by atoms with Crippen molar-refractivity contribution in [2.24, 2.45) is 0 Å². The zero-order valence-corrected chi connectivity index (χ0v) is 7.49. The summed E-state index contributed by atoms with van der Waals surface area (Å²) >= 11 is 0.736. The molecular weight excluding hydrogens is 289 g/mol. The quantitative estimate of drug-likeness (QED) is 0.239. The molecule has 0 aliphatic rings. The molecule has 12 heavy (non-hydrogen) atoms. The van der Waals surface area contributed by atoms with Gasteiger partial charge in [0.2, 0.25) is 11.7 Å². The molecule has 0 fully saturated rings. The Labute approximate surface area is 79.2 Å². The summed E-state index contributed by atoms with van der Waals surface area (Å²) in [5, 5.41) is 7.80. The van der Waals surface area contributed by atoms with Gasteiger partial charge < -0.3 is 0 Å². The van der Waals surface area contributed by atoms with Crippen LogP contribution in [0.5, 0.6) is 0 Å². The van der Waals surface area contributed by atoms with Crippen LogP contribution in [0.2, 0.25) is 0 Å².